The van der Waals surface area contributed by atoms with Gasteiger partial charge in [-0.1, -0.05) is 18.7 Å². The van der Waals surface area contributed by atoms with Crippen LogP contribution in [-0.2, 0) is 0 Å². The van der Waals surface area contributed by atoms with E-state index in [1.807, 2.05) is 6.07 Å². The van der Waals surface area contributed by atoms with Gasteiger partial charge in [0.25, 0.3) is 0 Å². The molecule has 1 rings (SSSR count). The standard InChI is InChI=1S/C10H17N3S/c1-2-9(11)5-3-8-14-10-12-6-4-7-13-10/h4,6-7,9H,2-3,5,8,11H2,1H3. The van der Waals surface area contributed by atoms with E-state index in [0.717, 1.165) is 30.2 Å². The normalized spacial score (nSPS) is 12.7. The summed E-state index contributed by atoms with van der Waals surface area (Å²) < 4.78 is 0. The molecule has 1 aromatic heterocycles. The Balaban J connectivity index is 2.10. The van der Waals surface area contributed by atoms with Gasteiger partial charge in [-0.3, -0.25) is 0 Å². The van der Waals surface area contributed by atoms with Crippen molar-refractivity contribution in [3.8, 4) is 0 Å². The molecule has 0 aliphatic heterocycles. The summed E-state index contributed by atoms with van der Waals surface area (Å²) in [5.41, 5.74) is 5.81. The van der Waals surface area contributed by atoms with Crippen molar-refractivity contribution in [2.24, 2.45) is 5.73 Å². The fourth-order valence-corrected chi connectivity index (χ4v) is 1.84. The van der Waals surface area contributed by atoms with Gasteiger partial charge in [0.15, 0.2) is 5.16 Å². The Bertz CT molecular complexity index is 240. The topological polar surface area (TPSA) is 51.8 Å². The van der Waals surface area contributed by atoms with Gasteiger partial charge in [0, 0.05) is 24.2 Å². The SMILES string of the molecule is CCC(N)CCCSc1ncccn1. The summed E-state index contributed by atoms with van der Waals surface area (Å²) in [6.45, 7) is 2.12. The van der Waals surface area contributed by atoms with Crippen LogP contribution in [0.1, 0.15) is 26.2 Å². The second-order valence-corrected chi connectivity index (χ2v) is 4.25. The van der Waals surface area contributed by atoms with Gasteiger partial charge in [0.1, 0.15) is 0 Å². The van der Waals surface area contributed by atoms with Crippen LogP contribution in [0.3, 0.4) is 0 Å². The van der Waals surface area contributed by atoms with E-state index in [0.29, 0.717) is 6.04 Å². The quantitative estimate of drug-likeness (QED) is 0.445. The maximum Gasteiger partial charge on any atom is 0.187 e. The maximum absolute atomic E-state index is 5.81. The summed E-state index contributed by atoms with van der Waals surface area (Å²) in [4.78, 5) is 8.27. The van der Waals surface area contributed by atoms with Crippen molar-refractivity contribution in [3.05, 3.63) is 18.5 Å². The molecule has 2 N–H and O–H groups in total. The van der Waals surface area contributed by atoms with Crippen LogP contribution in [0.15, 0.2) is 23.6 Å². The molecule has 0 bridgehead atoms. The van der Waals surface area contributed by atoms with Crippen LogP contribution in [-0.4, -0.2) is 21.8 Å². The highest BCUT2D eigenvalue weighted by Gasteiger charge is 2.00. The molecule has 0 aliphatic rings. The minimum absolute atomic E-state index is 0.354. The molecule has 14 heavy (non-hydrogen) atoms. The van der Waals surface area contributed by atoms with Crippen molar-refractivity contribution in [3.63, 3.8) is 0 Å². The molecule has 1 heterocycles. The molecule has 0 fully saturated rings. The van der Waals surface area contributed by atoms with Crippen LogP contribution in [0.2, 0.25) is 0 Å². The van der Waals surface area contributed by atoms with Crippen molar-refractivity contribution < 1.29 is 0 Å². The third kappa shape index (κ3) is 4.58. The number of nitrogens with zero attached hydrogens (tertiary/aromatic N) is 2. The van der Waals surface area contributed by atoms with Crippen LogP contribution >= 0.6 is 11.8 Å². The molecule has 1 unspecified atom stereocenters. The fourth-order valence-electron chi connectivity index (χ4n) is 1.07. The molecule has 0 saturated heterocycles. The van der Waals surface area contributed by atoms with Crippen LogP contribution in [0.25, 0.3) is 0 Å². The Morgan fingerprint density at radius 3 is 2.79 bits per heavy atom. The van der Waals surface area contributed by atoms with Gasteiger partial charge in [-0.15, -0.1) is 0 Å². The van der Waals surface area contributed by atoms with E-state index in [1.54, 1.807) is 24.2 Å². The zero-order chi connectivity index (χ0) is 10.2. The largest absolute Gasteiger partial charge is 0.328 e. The first kappa shape index (κ1) is 11.5. The summed E-state index contributed by atoms with van der Waals surface area (Å²) in [5.74, 6) is 1.05. The first-order valence-corrected chi connectivity index (χ1v) is 5.97. The van der Waals surface area contributed by atoms with E-state index >= 15 is 0 Å². The Kier molecular flexibility index (Phi) is 5.56. The fraction of sp³-hybridized carbons (Fsp3) is 0.600. The van der Waals surface area contributed by atoms with Crippen LogP contribution in [0.5, 0.6) is 0 Å². The minimum Gasteiger partial charge on any atom is -0.328 e. The lowest BCUT2D eigenvalue weighted by Gasteiger charge is -2.06. The van der Waals surface area contributed by atoms with Gasteiger partial charge < -0.3 is 5.73 Å². The lowest BCUT2D eigenvalue weighted by molar-refractivity contribution is 0.589. The van der Waals surface area contributed by atoms with E-state index in [2.05, 4.69) is 16.9 Å². The molecule has 3 nitrogen and oxygen atoms in total. The molecular formula is C10H17N3S. The molecule has 0 aromatic carbocycles. The van der Waals surface area contributed by atoms with Gasteiger partial charge >= 0.3 is 0 Å². The van der Waals surface area contributed by atoms with Crippen LogP contribution < -0.4 is 5.73 Å². The van der Waals surface area contributed by atoms with E-state index in [1.165, 1.54) is 0 Å². The molecule has 0 radical (unpaired) electrons. The zero-order valence-corrected chi connectivity index (χ0v) is 9.33. The van der Waals surface area contributed by atoms with Crippen molar-refractivity contribution in [1.29, 1.82) is 0 Å². The number of aromatic nitrogens is 2. The van der Waals surface area contributed by atoms with Gasteiger partial charge in [-0.25, -0.2) is 9.97 Å². The second kappa shape index (κ2) is 6.79. The van der Waals surface area contributed by atoms with Gasteiger partial charge in [0.05, 0.1) is 0 Å². The molecule has 0 aliphatic carbocycles. The van der Waals surface area contributed by atoms with Gasteiger partial charge in [0.2, 0.25) is 0 Å². The predicted molar refractivity (Wildman–Crippen MR) is 60.3 cm³/mol. The summed E-state index contributed by atoms with van der Waals surface area (Å²) in [7, 11) is 0. The average molecular weight is 211 g/mol. The number of nitrogens with two attached hydrogens (primary N) is 1. The van der Waals surface area contributed by atoms with Crippen LogP contribution in [0, 0.1) is 0 Å². The van der Waals surface area contributed by atoms with E-state index in [-0.39, 0.29) is 0 Å². The van der Waals surface area contributed by atoms with Crippen LogP contribution in [0.4, 0.5) is 0 Å². The smallest absolute Gasteiger partial charge is 0.187 e. The number of rotatable bonds is 6. The van der Waals surface area contributed by atoms with Crippen molar-refractivity contribution in [2.75, 3.05) is 5.75 Å². The minimum atomic E-state index is 0.354. The molecule has 0 saturated carbocycles. The number of hydrogen-bond acceptors (Lipinski definition) is 4. The van der Waals surface area contributed by atoms with Crippen molar-refractivity contribution in [1.82, 2.24) is 9.97 Å². The van der Waals surface area contributed by atoms with Gasteiger partial charge in [-0.05, 0) is 25.3 Å². The third-order valence-corrected chi connectivity index (χ3v) is 2.98. The Labute approximate surface area is 89.5 Å². The zero-order valence-electron chi connectivity index (χ0n) is 8.52. The lowest BCUT2D eigenvalue weighted by atomic mass is 10.1. The van der Waals surface area contributed by atoms with E-state index in [9.17, 15) is 0 Å². The highest BCUT2D eigenvalue weighted by Crippen LogP contribution is 2.13. The molecule has 0 spiro atoms. The number of hydrogen-bond donors (Lipinski definition) is 1. The average Bonchev–Trinajstić information content (AvgIpc) is 2.25. The summed E-state index contributed by atoms with van der Waals surface area (Å²) in [6.07, 6.45) is 6.83. The van der Waals surface area contributed by atoms with E-state index in [4.69, 9.17) is 5.73 Å². The van der Waals surface area contributed by atoms with Crippen molar-refractivity contribution >= 4 is 11.8 Å². The second-order valence-electron chi connectivity index (χ2n) is 3.19. The first-order chi connectivity index (χ1) is 6.83. The third-order valence-electron chi connectivity index (χ3n) is 2.02. The molecular weight excluding hydrogens is 194 g/mol. The highest BCUT2D eigenvalue weighted by atomic mass is 32.2. The summed E-state index contributed by atoms with van der Waals surface area (Å²) >= 11 is 1.70. The summed E-state index contributed by atoms with van der Waals surface area (Å²) in [5, 5.41) is 0.859. The predicted octanol–water partition coefficient (Wildman–Crippen LogP) is 2.09. The Hall–Kier alpha value is -0.610. The highest BCUT2D eigenvalue weighted by molar-refractivity contribution is 7.99. The Morgan fingerprint density at radius 1 is 1.43 bits per heavy atom. The molecule has 1 atom stereocenters. The summed E-state index contributed by atoms with van der Waals surface area (Å²) in [6, 6.07) is 2.18. The molecule has 0 amide bonds. The molecule has 1 aromatic rings. The van der Waals surface area contributed by atoms with Crippen molar-refractivity contribution in [2.45, 2.75) is 37.4 Å². The Morgan fingerprint density at radius 2 is 2.14 bits per heavy atom. The molecule has 4 heteroatoms. The van der Waals surface area contributed by atoms with E-state index < -0.39 is 0 Å². The van der Waals surface area contributed by atoms with Gasteiger partial charge in [-0.2, -0.15) is 0 Å². The maximum atomic E-state index is 5.81. The monoisotopic (exact) mass is 211 g/mol. The first-order valence-electron chi connectivity index (χ1n) is 4.98. The molecule has 78 valence electrons. The lowest BCUT2D eigenvalue weighted by Crippen LogP contribution is -2.18. The number of thioether (sulfide) groups is 1.